The molecule has 4 atom stereocenters. The molecule has 1 spiro atoms. The van der Waals surface area contributed by atoms with Crippen molar-refractivity contribution >= 4 is 17.5 Å². The van der Waals surface area contributed by atoms with Gasteiger partial charge in [0, 0.05) is 11.7 Å². The van der Waals surface area contributed by atoms with Gasteiger partial charge in [0.05, 0.1) is 6.10 Å². The first kappa shape index (κ1) is 13.1. The van der Waals surface area contributed by atoms with Crippen molar-refractivity contribution in [3.63, 3.8) is 0 Å². The van der Waals surface area contributed by atoms with Crippen molar-refractivity contribution in [3.8, 4) is 0 Å². The van der Waals surface area contributed by atoms with E-state index in [-0.39, 0.29) is 11.4 Å². The summed E-state index contributed by atoms with van der Waals surface area (Å²) in [7, 11) is 0. The molecule has 0 aromatic rings. The number of thioether (sulfide) groups is 1. The van der Waals surface area contributed by atoms with Gasteiger partial charge < -0.3 is 4.74 Å². The summed E-state index contributed by atoms with van der Waals surface area (Å²) in [5.74, 6) is 1.89. The second kappa shape index (κ2) is 4.23. The van der Waals surface area contributed by atoms with E-state index in [4.69, 9.17) is 4.74 Å². The summed E-state index contributed by atoms with van der Waals surface area (Å²) < 4.78 is 6.20. The third kappa shape index (κ3) is 1.29. The van der Waals surface area contributed by atoms with Crippen LogP contribution in [0.2, 0.25) is 0 Å². The maximum Gasteiger partial charge on any atom is 0.149 e. The Balaban J connectivity index is 1.90. The second-order valence-corrected chi connectivity index (χ2v) is 7.99. The summed E-state index contributed by atoms with van der Waals surface area (Å²) in [4.78, 5) is 12.6. The van der Waals surface area contributed by atoms with Gasteiger partial charge in [-0.3, -0.25) is 4.79 Å². The Kier molecular flexibility index (Phi) is 2.78. The normalized spacial score (nSPS) is 45.5. The van der Waals surface area contributed by atoms with Gasteiger partial charge in [-0.25, -0.2) is 0 Å². The van der Waals surface area contributed by atoms with Crippen LogP contribution in [0.1, 0.15) is 45.4 Å². The monoisotopic (exact) mass is 290 g/mol. The average Bonchev–Trinajstić information content (AvgIpc) is 3.07. The Hall–Kier alpha value is -0.540. The fraction of sp³-hybridized carbons (Fsp3) is 0.706. The highest BCUT2D eigenvalue weighted by molar-refractivity contribution is 8.01. The highest BCUT2D eigenvalue weighted by Gasteiger charge is 2.72. The minimum absolute atomic E-state index is 0.280. The number of hydrogen-bond donors (Lipinski definition) is 0. The van der Waals surface area contributed by atoms with Gasteiger partial charge in [0.1, 0.15) is 16.1 Å². The van der Waals surface area contributed by atoms with E-state index in [9.17, 15) is 4.79 Å². The van der Waals surface area contributed by atoms with Crippen molar-refractivity contribution in [2.75, 3.05) is 5.75 Å². The average molecular weight is 290 g/mol. The van der Waals surface area contributed by atoms with Gasteiger partial charge in [0.25, 0.3) is 0 Å². The van der Waals surface area contributed by atoms with Crippen LogP contribution >= 0.6 is 11.8 Å². The number of Topliss-reactive ketones (excluding diaryl/α,β-unsaturated/α-hetero) is 1. The summed E-state index contributed by atoms with van der Waals surface area (Å²) in [5.41, 5.74) is 2.80. The van der Waals surface area contributed by atoms with E-state index >= 15 is 0 Å². The fourth-order valence-electron chi connectivity index (χ4n) is 5.16. The molecule has 4 rings (SSSR count). The fourth-order valence-corrected chi connectivity index (χ4v) is 7.00. The maximum atomic E-state index is 12.6. The minimum Gasteiger partial charge on any atom is -0.361 e. The van der Waals surface area contributed by atoms with Crippen LogP contribution in [0.15, 0.2) is 23.8 Å². The molecule has 3 heterocycles. The molecule has 0 amide bonds. The van der Waals surface area contributed by atoms with Crippen molar-refractivity contribution in [3.05, 3.63) is 23.8 Å². The predicted octanol–water partition coefficient (Wildman–Crippen LogP) is 3.67. The zero-order valence-corrected chi connectivity index (χ0v) is 12.9. The van der Waals surface area contributed by atoms with Gasteiger partial charge in [0.2, 0.25) is 0 Å². The van der Waals surface area contributed by atoms with Crippen molar-refractivity contribution in [2.45, 2.75) is 61.9 Å². The van der Waals surface area contributed by atoms with Crippen molar-refractivity contribution in [1.29, 1.82) is 0 Å². The van der Waals surface area contributed by atoms with E-state index in [2.05, 4.69) is 6.58 Å². The van der Waals surface area contributed by atoms with E-state index < -0.39 is 4.75 Å². The first-order valence-corrected chi connectivity index (χ1v) is 8.80. The standard InChI is InChI=1S/C17H22O2S/c1-3-8-16(11(2)18)17-12(10-20-16)9-15(19-17)13-6-4-5-7-14(13)17/h3,12,15H,1,4-10H2,2H3/t12-,15-,16?,17+/m0/s1. The van der Waals surface area contributed by atoms with Crippen molar-refractivity contribution < 1.29 is 9.53 Å². The lowest BCUT2D eigenvalue weighted by Gasteiger charge is -2.43. The number of carbonyl (C=O) groups excluding carboxylic acids is 1. The molecule has 0 aromatic carbocycles. The van der Waals surface area contributed by atoms with Crippen molar-refractivity contribution in [1.82, 2.24) is 0 Å². The molecule has 2 fully saturated rings. The number of ether oxygens (including phenoxy) is 1. The Bertz CT molecular complexity index is 523. The molecule has 3 aliphatic heterocycles. The molecular formula is C17H22O2S. The number of carbonyl (C=O) groups is 1. The van der Waals surface area contributed by atoms with E-state index in [1.54, 1.807) is 12.5 Å². The lowest BCUT2D eigenvalue weighted by atomic mass is 9.63. The number of rotatable bonds is 3. The molecule has 2 saturated heterocycles. The van der Waals surface area contributed by atoms with Crippen LogP contribution in [0.4, 0.5) is 0 Å². The van der Waals surface area contributed by atoms with Gasteiger partial charge in [-0.2, -0.15) is 0 Å². The molecule has 2 bridgehead atoms. The highest BCUT2D eigenvalue weighted by atomic mass is 32.2. The lowest BCUT2D eigenvalue weighted by molar-refractivity contribution is -0.126. The first-order valence-electron chi connectivity index (χ1n) is 7.82. The van der Waals surface area contributed by atoms with Gasteiger partial charge in [0.15, 0.2) is 0 Å². The smallest absolute Gasteiger partial charge is 0.149 e. The molecule has 1 aliphatic carbocycles. The third-order valence-corrected chi connectivity index (χ3v) is 7.70. The van der Waals surface area contributed by atoms with Crippen LogP contribution in [-0.2, 0) is 9.53 Å². The molecule has 0 N–H and O–H groups in total. The van der Waals surface area contributed by atoms with Gasteiger partial charge in [-0.05, 0) is 56.6 Å². The third-order valence-electron chi connectivity index (χ3n) is 5.88. The van der Waals surface area contributed by atoms with Gasteiger partial charge in [-0.15, -0.1) is 18.3 Å². The summed E-state index contributed by atoms with van der Waals surface area (Å²) in [6.07, 6.45) is 9.02. The number of allylic oxidation sites excluding steroid dienone is 1. The predicted molar refractivity (Wildman–Crippen MR) is 81.9 cm³/mol. The molecule has 20 heavy (non-hydrogen) atoms. The van der Waals surface area contributed by atoms with Crippen LogP contribution in [0.25, 0.3) is 0 Å². The van der Waals surface area contributed by atoms with Crippen LogP contribution in [0, 0.1) is 5.92 Å². The largest absolute Gasteiger partial charge is 0.361 e. The van der Waals surface area contributed by atoms with E-state index in [0.717, 1.165) is 25.0 Å². The van der Waals surface area contributed by atoms with Crippen LogP contribution in [0.3, 0.4) is 0 Å². The topological polar surface area (TPSA) is 26.3 Å². The summed E-state index contributed by atoms with van der Waals surface area (Å²) in [5, 5.41) is 0. The Morgan fingerprint density at radius 1 is 1.50 bits per heavy atom. The lowest BCUT2D eigenvalue weighted by Crippen LogP contribution is -2.56. The Labute approximate surface area is 125 Å². The maximum absolute atomic E-state index is 12.6. The zero-order valence-electron chi connectivity index (χ0n) is 12.1. The number of fused-ring (bicyclic) bond motifs is 2. The Morgan fingerprint density at radius 2 is 2.30 bits per heavy atom. The summed E-state index contributed by atoms with van der Waals surface area (Å²) >= 11 is 1.84. The number of ketones is 1. The molecule has 0 saturated carbocycles. The molecule has 4 aliphatic rings. The summed E-state index contributed by atoms with van der Waals surface area (Å²) in [6, 6.07) is 0. The highest BCUT2D eigenvalue weighted by Crippen LogP contribution is 2.68. The van der Waals surface area contributed by atoms with Crippen LogP contribution < -0.4 is 0 Å². The minimum atomic E-state index is -0.400. The van der Waals surface area contributed by atoms with Crippen LogP contribution in [0.5, 0.6) is 0 Å². The van der Waals surface area contributed by atoms with Crippen LogP contribution in [-0.4, -0.2) is 28.0 Å². The molecule has 0 aromatic heterocycles. The van der Waals surface area contributed by atoms with E-state index in [1.165, 1.54) is 24.8 Å². The quantitative estimate of drug-likeness (QED) is 0.742. The van der Waals surface area contributed by atoms with Gasteiger partial charge in [-0.1, -0.05) is 6.08 Å². The van der Waals surface area contributed by atoms with Crippen molar-refractivity contribution in [2.24, 2.45) is 5.92 Å². The molecular weight excluding hydrogens is 268 g/mol. The molecule has 0 radical (unpaired) electrons. The SMILES string of the molecule is C=CCC1(C(C)=O)SC[C@@H]2C[C@@H]3O[C@@]21C1=C3CCCC1. The zero-order chi connectivity index (χ0) is 14.0. The number of hydrogen-bond acceptors (Lipinski definition) is 3. The van der Waals surface area contributed by atoms with E-state index in [1.807, 2.05) is 17.8 Å². The second-order valence-electron chi connectivity index (χ2n) is 6.67. The summed E-state index contributed by atoms with van der Waals surface area (Å²) in [6.45, 7) is 5.67. The molecule has 2 nitrogen and oxygen atoms in total. The van der Waals surface area contributed by atoms with Gasteiger partial charge >= 0.3 is 0 Å². The molecule has 108 valence electrons. The Morgan fingerprint density at radius 3 is 3.05 bits per heavy atom. The molecule has 1 unspecified atom stereocenters. The molecule has 3 heteroatoms. The van der Waals surface area contributed by atoms with E-state index in [0.29, 0.717) is 12.0 Å². The first-order chi connectivity index (χ1) is 9.65.